The van der Waals surface area contributed by atoms with E-state index in [1.165, 1.54) is 31.3 Å². The third kappa shape index (κ3) is 3.83. The number of aromatic hydroxyl groups is 1. The van der Waals surface area contributed by atoms with Gasteiger partial charge in [0, 0.05) is 12.1 Å². The van der Waals surface area contributed by atoms with E-state index >= 15 is 0 Å². The lowest BCUT2D eigenvalue weighted by Gasteiger charge is -2.25. The van der Waals surface area contributed by atoms with Crippen LogP contribution in [0.5, 0.6) is 17.2 Å². The summed E-state index contributed by atoms with van der Waals surface area (Å²) in [6.45, 7) is 2.35. The van der Waals surface area contributed by atoms with E-state index in [0.717, 1.165) is 6.42 Å². The maximum absolute atomic E-state index is 12.9. The number of phenols is 1. The highest BCUT2D eigenvalue weighted by Crippen LogP contribution is 2.41. The number of aliphatic hydroxyl groups is 1. The van der Waals surface area contributed by atoms with Gasteiger partial charge in [-0.15, -0.1) is 0 Å². The first-order valence-electron chi connectivity index (χ1n) is 9.72. The zero-order chi connectivity index (χ0) is 21.8. The van der Waals surface area contributed by atoms with E-state index in [1.807, 2.05) is 6.92 Å². The van der Waals surface area contributed by atoms with Crippen molar-refractivity contribution in [2.24, 2.45) is 0 Å². The second kappa shape index (κ2) is 8.90. The molecule has 2 aromatic carbocycles. The molecule has 1 saturated heterocycles. The number of Topliss-reactive ketones (excluding diaryl/α,β-unsaturated/α-hetero) is 1. The molecule has 0 spiro atoms. The van der Waals surface area contributed by atoms with Crippen molar-refractivity contribution in [3.63, 3.8) is 0 Å². The fourth-order valence-corrected chi connectivity index (χ4v) is 3.62. The topological polar surface area (TPSA) is 96.3 Å². The van der Waals surface area contributed by atoms with Gasteiger partial charge in [0.15, 0.2) is 11.5 Å². The number of carbonyl (C=O) groups is 2. The summed E-state index contributed by atoms with van der Waals surface area (Å²) in [5, 5.41) is 21.0. The number of hydrogen-bond acceptors (Lipinski definition) is 6. The van der Waals surface area contributed by atoms with Crippen LogP contribution in [0.2, 0.25) is 0 Å². The first kappa shape index (κ1) is 21.2. The molecule has 2 N–H and O–H groups in total. The Kier molecular flexibility index (Phi) is 6.30. The van der Waals surface area contributed by atoms with Gasteiger partial charge in [-0.2, -0.15) is 0 Å². The van der Waals surface area contributed by atoms with Crippen molar-refractivity contribution in [3.8, 4) is 17.2 Å². The Labute approximate surface area is 175 Å². The first-order chi connectivity index (χ1) is 14.4. The lowest BCUT2D eigenvalue weighted by atomic mass is 9.95. The van der Waals surface area contributed by atoms with Gasteiger partial charge in [0.1, 0.15) is 11.5 Å². The van der Waals surface area contributed by atoms with Crippen LogP contribution in [0.25, 0.3) is 5.76 Å². The molecule has 1 unspecified atom stereocenters. The van der Waals surface area contributed by atoms with Crippen LogP contribution in [0.1, 0.15) is 36.9 Å². The molecule has 1 amide bonds. The lowest BCUT2D eigenvalue weighted by Crippen LogP contribution is -2.30. The quantitative estimate of drug-likeness (QED) is 0.410. The average molecular weight is 411 g/mol. The molecule has 0 aliphatic carbocycles. The Bertz CT molecular complexity index is 997. The fourth-order valence-electron chi connectivity index (χ4n) is 3.62. The molecule has 0 aromatic heterocycles. The molecular weight excluding hydrogens is 386 g/mol. The summed E-state index contributed by atoms with van der Waals surface area (Å²) in [7, 11) is 2.97. The Hall–Kier alpha value is -3.48. The third-order valence-electron chi connectivity index (χ3n) is 5.14. The number of hydrogen-bond donors (Lipinski definition) is 2. The highest BCUT2D eigenvalue weighted by atomic mass is 16.5. The molecule has 7 heteroatoms. The van der Waals surface area contributed by atoms with Gasteiger partial charge < -0.3 is 24.6 Å². The zero-order valence-electron chi connectivity index (χ0n) is 17.2. The molecule has 1 aliphatic rings. The number of methoxy groups -OCH3 is 2. The van der Waals surface area contributed by atoms with Crippen LogP contribution in [0.15, 0.2) is 48.0 Å². The molecule has 7 nitrogen and oxygen atoms in total. The number of ether oxygens (including phenoxy) is 2. The smallest absolute Gasteiger partial charge is 0.295 e. The molecular formula is C23H25NO6. The van der Waals surface area contributed by atoms with Crippen molar-refractivity contribution in [2.45, 2.75) is 25.8 Å². The number of carbonyl (C=O) groups excluding carboxylic acids is 2. The molecule has 30 heavy (non-hydrogen) atoms. The van der Waals surface area contributed by atoms with Gasteiger partial charge in [0.05, 0.1) is 25.8 Å². The van der Waals surface area contributed by atoms with Crippen molar-refractivity contribution in [3.05, 3.63) is 59.2 Å². The Morgan fingerprint density at radius 2 is 1.80 bits per heavy atom. The summed E-state index contributed by atoms with van der Waals surface area (Å²) in [6, 6.07) is 10.3. The van der Waals surface area contributed by atoms with Crippen LogP contribution in [0.4, 0.5) is 0 Å². The molecule has 0 bridgehead atoms. The SMILES string of the molecule is CCCCN1C(=O)C(=O)/C(=C(\O)c2ccc(OC)c(OC)c2)C1c1cccc(O)c1. The second-order valence-electron chi connectivity index (χ2n) is 7.01. The van der Waals surface area contributed by atoms with E-state index in [9.17, 15) is 19.8 Å². The summed E-state index contributed by atoms with van der Waals surface area (Å²) in [6.07, 6.45) is 1.55. The molecule has 1 fully saturated rings. The number of ketones is 1. The van der Waals surface area contributed by atoms with Gasteiger partial charge in [0.2, 0.25) is 0 Å². The van der Waals surface area contributed by atoms with Crippen molar-refractivity contribution in [2.75, 3.05) is 20.8 Å². The molecule has 2 aromatic rings. The van der Waals surface area contributed by atoms with E-state index in [2.05, 4.69) is 0 Å². The van der Waals surface area contributed by atoms with Crippen LogP contribution >= 0.6 is 0 Å². The number of nitrogens with zero attached hydrogens (tertiary/aromatic N) is 1. The summed E-state index contributed by atoms with van der Waals surface area (Å²) in [5.41, 5.74) is 0.854. The van der Waals surface area contributed by atoms with Gasteiger partial charge >= 0.3 is 0 Å². The molecule has 1 heterocycles. The number of aliphatic hydroxyl groups excluding tert-OH is 1. The predicted octanol–water partition coefficient (Wildman–Crippen LogP) is 3.63. The van der Waals surface area contributed by atoms with Gasteiger partial charge in [-0.25, -0.2) is 0 Å². The standard InChI is InChI=1S/C23H25NO6/c1-4-5-11-24-20(14-7-6-8-16(25)12-14)19(22(27)23(24)28)21(26)15-9-10-17(29-2)18(13-15)30-3/h6-10,12-13,20,25-26H,4-5,11H2,1-3H3/b21-19-. The number of amides is 1. The molecule has 0 radical (unpaired) electrons. The summed E-state index contributed by atoms with van der Waals surface area (Å²) >= 11 is 0. The fraction of sp³-hybridized carbons (Fsp3) is 0.304. The van der Waals surface area contributed by atoms with E-state index in [-0.39, 0.29) is 17.1 Å². The normalized spacial score (nSPS) is 18.0. The number of likely N-dealkylation sites (tertiary alicyclic amines) is 1. The minimum Gasteiger partial charge on any atom is -0.508 e. The molecule has 3 rings (SSSR count). The first-order valence-corrected chi connectivity index (χ1v) is 9.72. The van der Waals surface area contributed by atoms with Gasteiger partial charge in [0.25, 0.3) is 11.7 Å². The third-order valence-corrected chi connectivity index (χ3v) is 5.14. The summed E-state index contributed by atoms with van der Waals surface area (Å²) in [5.74, 6) is -0.857. The van der Waals surface area contributed by atoms with Crippen LogP contribution in [0.3, 0.4) is 0 Å². The Morgan fingerprint density at radius 3 is 2.43 bits per heavy atom. The largest absolute Gasteiger partial charge is 0.508 e. The van der Waals surface area contributed by atoms with Crippen molar-refractivity contribution >= 4 is 17.4 Å². The molecule has 1 aliphatic heterocycles. The van der Waals surface area contributed by atoms with Crippen LogP contribution in [0, 0.1) is 0 Å². The maximum atomic E-state index is 12.9. The minimum absolute atomic E-state index is 0.0136. The lowest BCUT2D eigenvalue weighted by molar-refractivity contribution is -0.139. The van der Waals surface area contributed by atoms with Crippen molar-refractivity contribution in [1.82, 2.24) is 4.90 Å². The molecule has 0 saturated carbocycles. The van der Waals surface area contributed by atoms with E-state index in [0.29, 0.717) is 35.6 Å². The number of benzene rings is 2. The molecule has 1 atom stereocenters. The van der Waals surface area contributed by atoms with E-state index < -0.39 is 17.7 Å². The second-order valence-corrected chi connectivity index (χ2v) is 7.01. The Balaban J connectivity index is 2.18. The highest BCUT2D eigenvalue weighted by molar-refractivity contribution is 6.46. The highest BCUT2D eigenvalue weighted by Gasteiger charge is 2.45. The number of rotatable bonds is 7. The van der Waals surface area contributed by atoms with E-state index in [4.69, 9.17) is 9.47 Å². The summed E-state index contributed by atoms with van der Waals surface area (Å²) < 4.78 is 10.5. The summed E-state index contributed by atoms with van der Waals surface area (Å²) in [4.78, 5) is 27.1. The number of phenolic OH excluding ortho intramolecular Hbond substituents is 1. The van der Waals surface area contributed by atoms with Crippen LogP contribution in [-0.4, -0.2) is 47.6 Å². The predicted molar refractivity (Wildman–Crippen MR) is 112 cm³/mol. The van der Waals surface area contributed by atoms with Crippen molar-refractivity contribution < 1.29 is 29.3 Å². The molecule has 158 valence electrons. The van der Waals surface area contributed by atoms with Gasteiger partial charge in [-0.1, -0.05) is 25.5 Å². The Morgan fingerprint density at radius 1 is 1.07 bits per heavy atom. The minimum atomic E-state index is -0.795. The average Bonchev–Trinajstić information content (AvgIpc) is 3.01. The maximum Gasteiger partial charge on any atom is 0.295 e. The van der Waals surface area contributed by atoms with Crippen molar-refractivity contribution in [1.29, 1.82) is 0 Å². The van der Waals surface area contributed by atoms with Crippen LogP contribution in [-0.2, 0) is 9.59 Å². The zero-order valence-corrected chi connectivity index (χ0v) is 17.2. The number of unbranched alkanes of at least 4 members (excludes halogenated alkanes) is 1. The monoisotopic (exact) mass is 411 g/mol. The van der Waals surface area contributed by atoms with E-state index in [1.54, 1.807) is 30.3 Å². The van der Waals surface area contributed by atoms with Gasteiger partial charge in [-0.3, -0.25) is 9.59 Å². The van der Waals surface area contributed by atoms with Crippen LogP contribution < -0.4 is 9.47 Å². The van der Waals surface area contributed by atoms with Gasteiger partial charge in [-0.05, 0) is 42.3 Å².